The highest BCUT2D eigenvalue weighted by Gasteiger charge is 2.14. The summed E-state index contributed by atoms with van der Waals surface area (Å²) in [4.78, 5) is 23.7. The zero-order chi connectivity index (χ0) is 13.5. The van der Waals surface area contributed by atoms with E-state index in [1.165, 1.54) is 23.1 Å². The van der Waals surface area contributed by atoms with E-state index in [2.05, 4.69) is 0 Å². The first kappa shape index (κ1) is 14.2. The van der Waals surface area contributed by atoms with Crippen molar-refractivity contribution in [2.24, 2.45) is 0 Å². The van der Waals surface area contributed by atoms with Crippen LogP contribution in [0.2, 0.25) is 0 Å². The summed E-state index contributed by atoms with van der Waals surface area (Å²) in [7, 11) is 0. The van der Waals surface area contributed by atoms with Gasteiger partial charge >= 0.3 is 5.97 Å². The minimum Gasteiger partial charge on any atom is -0.481 e. The van der Waals surface area contributed by atoms with Gasteiger partial charge in [0.1, 0.15) is 5.82 Å². The van der Waals surface area contributed by atoms with Crippen molar-refractivity contribution in [1.29, 1.82) is 0 Å². The molecule has 0 aliphatic rings. The summed E-state index contributed by atoms with van der Waals surface area (Å²) in [6.45, 7) is 2.22. The molecule has 1 rings (SSSR count). The van der Waals surface area contributed by atoms with Crippen LogP contribution in [-0.2, 0) is 9.59 Å². The Bertz CT molecular complexity index is 434. The van der Waals surface area contributed by atoms with Gasteiger partial charge in [0.15, 0.2) is 0 Å². The van der Waals surface area contributed by atoms with Gasteiger partial charge in [-0.15, -0.1) is 0 Å². The molecule has 18 heavy (non-hydrogen) atoms. The minimum absolute atomic E-state index is 0.0353. The number of carbonyl (C=O) groups excluding carboxylic acids is 1. The number of anilines is 1. The van der Waals surface area contributed by atoms with Crippen molar-refractivity contribution in [3.8, 4) is 0 Å². The Hall–Kier alpha value is -1.91. The number of aliphatic carboxylic acids is 1. The van der Waals surface area contributed by atoms with E-state index < -0.39 is 11.8 Å². The number of hydrogen-bond donors (Lipinski definition) is 1. The second-order valence-corrected chi connectivity index (χ2v) is 3.87. The minimum atomic E-state index is -0.920. The van der Waals surface area contributed by atoms with E-state index in [1.54, 1.807) is 13.0 Å². The molecule has 1 N–H and O–H groups in total. The van der Waals surface area contributed by atoms with Gasteiger partial charge in [-0.25, -0.2) is 4.39 Å². The third-order valence-corrected chi connectivity index (χ3v) is 2.52. The van der Waals surface area contributed by atoms with Gasteiger partial charge in [0.2, 0.25) is 5.91 Å². The molecule has 98 valence electrons. The van der Waals surface area contributed by atoms with E-state index in [9.17, 15) is 14.0 Å². The fourth-order valence-corrected chi connectivity index (χ4v) is 1.67. The molecular weight excluding hydrogens is 237 g/mol. The molecule has 0 saturated heterocycles. The van der Waals surface area contributed by atoms with Gasteiger partial charge in [0.05, 0.1) is 0 Å². The highest BCUT2D eigenvalue weighted by atomic mass is 19.1. The third-order valence-electron chi connectivity index (χ3n) is 2.52. The van der Waals surface area contributed by atoms with Gasteiger partial charge < -0.3 is 10.0 Å². The maximum atomic E-state index is 13.1. The normalized spacial score (nSPS) is 10.1. The lowest BCUT2D eigenvalue weighted by molar-refractivity contribution is -0.137. The molecule has 4 nitrogen and oxygen atoms in total. The van der Waals surface area contributed by atoms with E-state index in [0.717, 1.165) is 0 Å². The van der Waals surface area contributed by atoms with Crippen molar-refractivity contribution in [3.63, 3.8) is 0 Å². The van der Waals surface area contributed by atoms with Crippen molar-refractivity contribution in [1.82, 2.24) is 0 Å². The number of nitrogens with zero attached hydrogens (tertiary/aromatic N) is 1. The monoisotopic (exact) mass is 253 g/mol. The molecule has 1 amide bonds. The fraction of sp³-hybridized carbons (Fsp3) is 0.385. The van der Waals surface area contributed by atoms with Crippen molar-refractivity contribution in [2.75, 3.05) is 11.4 Å². The largest absolute Gasteiger partial charge is 0.481 e. The average Bonchev–Trinajstić information content (AvgIpc) is 2.29. The molecule has 0 fully saturated rings. The highest BCUT2D eigenvalue weighted by molar-refractivity contribution is 5.93. The number of hydrogen-bond acceptors (Lipinski definition) is 2. The number of carbonyl (C=O) groups is 2. The van der Waals surface area contributed by atoms with Crippen LogP contribution in [0.3, 0.4) is 0 Å². The molecule has 1 aromatic rings. The number of rotatable bonds is 6. The van der Waals surface area contributed by atoms with Crippen molar-refractivity contribution in [3.05, 3.63) is 30.1 Å². The molecule has 0 bridgehead atoms. The number of carboxylic acids is 1. The Morgan fingerprint density at radius 2 is 2.06 bits per heavy atom. The van der Waals surface area contributed by atoms with Crippen LogP contribution in [0, 0.1) is 5.82 Å². The average molecular weight is 253 g/mol. The van der Waals surface area contributed by atoms with Crippen LogP contribution in [0.5, 0.6) is 0 Å². The summed E-state index contributed by atoms with van der Waals surface area (Å²) in [6, 6.07) is 5.80. The Labute approximate surface area is 105 Å². The second kappa shape index (κ2) is 6.74. The number of benzene rings is 1. The second-order valence-electron chi connectivity index (χ2n) is 3.87. The Morgan fingerprint density at radius 1 is 1.33 bits per heavy atom. The van der Waals surface area contributed by atoms with Gasteiger partial charge in [0, 0.05) is 25.1 Å². The molecule has 0 unspecified atom stereocenters. The van der Waals surface area contributed by atoms with Crippen LogP contribution >= 0.6 is 0 Å². The van der Waals surface area contributed by atoms with E-state index >= 15 is 0 Å². The molecule has 0 aliphatic heterocycles. The van der Waals surface area contributed by atoms with Crippen LogP contribution in [-0.4, -0.2) is 23.5 Å². The van der Waals surface area contributed by atoms with E-state index in [-0.39, 0.29) is 18.7 Å². The lowest BCUT2D eigenvalue weighted by Gasteiger charge is -2.21. The Balaban J connectivity index is 2.65. The van der Waals surface area contributed by atoms with Crippen molar-refractivity contribution in [2.45, 2.75) is 26.2 Å². The van der Waals surface area contributed by atoms with Crippen molar-refractivity contribution < 1.29 is 19.1 Å². The summed E-state index contributed by atoms with van der Waals surface area (Å²) in [5.74, 6) is -1.51. The maximum absolute atomic E-state index is 13.1. The summed E-state index contributed by atoms with van der Waals surface area (Å²) < 4.78 is 13.1. The Morgan fingerprint density at radius 3 is 2.61 bits per heavy atom. The summed E-state index contributed by atoms with van der Waals surface area (Å²) in [6.07, 6.45) is 0.406. The predicted molar refractivity (Wildman–Crippen MR) is 65.9 cm³/mol. The van der Waals surface area contributed by atoms with Gasteiger partial charge in [-0.1, -0.05) is 6.07 Å². The zero-order valence-electron chi connectivity index (χ0n) is 10.2. The summed E-state index contributed by atoms with van der Waals surface area (Å²) in [5, 5.41) is 8.50. The SMILES string of the molecule is CCN(C(=O)CCCC(=O)O)c1cccc(F)c1. The van der Waals surface area contributed by atoms with Gasteiger partial charge in [-0.3, -0.25) is 9.59 Å². The molecule has 5 heteroatoms. The lowest BCUT2D eigenvalue weighted by atomic mass is 10.2. The summed E-state index contributed by atoms with van der Waals surface area (Å²) >= 11 is 0. The third kappa shape index (κ3) is 4.16. The van der Waals surface area contributed by atoms with Gasteiger partial charge in [-0.05, 0) is 31.5 Å². The number of halogens is 1. The van der Waals surface area contributed by atoms with Crippen LogP contribution in [0.25, 0.3) is 0 Å². The predicted octanol–water partition coefficient (Wildman–Crippen LogP) is 2.43. The molecule has 0 saturated carbocycles. The molecule has 0 atom stereocenters. The first-order valence-corrected chi connectivity index (χ1v) is 5.82. The first-order valence-electron chi connectivity index (χ1n) is 5.82. The standard InChI is InChI=1S/C13H16FNO3/c1-2-15(11-6-3-5-10(14)9-11)12(16)7-4-8-13(17)18/h3,5-6,9H,2,4,7-8H2,1H3,(H,17,18). The van der Waals surface area contributed by atoms with Crippen LogP contribution in [0.4, 0.5) is 10.1 Å². The topological polar surface area (TPSA) is 57.6 Å². The van der Waals surface area contributed by atoms with E-state index in [4.69, 9.17) is 5.11 Å². The smallest absolute Gasteiger partial charge is 0.303 e. The fourth-order valence-electron chi connectivity index (χ4n) is 1.67. The van der Waals surface area contributed by atoms with E-state index in [1.807, 2.05) is 0 Å². The lowest BCUT2D eigenvalue weighted by Crippen LogP contribution is -2.30. The van der Waals surface area contributed by atoms with Crippen LogP contribution in [0.1, 0.15) is 26.2 Å². The maximum Gasteiger partial charge on any atom is 0.303 e. The first-order chi connectivity index (χ1) is 8.54. The quantitative estimate of drug-likeness (QED) is 0.847. The molecule has 0 aliphatic carbocycles. The number of carboxylic acid groups (broad SMARTS) is 1. The highest BCUT2D eigenvalue weighted by Crippen LogP contribution is 2.17. The molecular formula is C13H16FNO3. The summed E-state index contributed by atoms with van der Waals surface area (Å²) in [5.41, 5.74) is 0.498. The van der Waals surface area contributed by atoms with Gasteiger partial charge in [-0.2, -0.15) is 0 Å². The molecule has 0 spiro atoms. The Kier molecular flexibility index (Phi) is 5.30. The molecule has 1 aromatic carbocycles. The molecule has 0 heterocycles. The van der Waals surface area contributed by atoms with Gasteiger partial charge in [0.25, 0.3) is 0 Å². The number of amides is 1. The van der Waals surface area contributed by atoms with Crippen molar-refractivity contribution >= 4 is 17.6 Å². The van der Waals surface area contributed by atoms with E-state index in [0.29, 0.717) is 18.7 Å². The molecule has 0 radical (unpaired) electrons. The van der Waals surface area contributed by atoms with Crippen LogP contribution < -0.4 is 4.90 Å². The molecule has 0 aromatic heterocycles. The van der Waals surface area contributed by atoms with Crippen LogP contribution in [0.15, 0.2) is 24.3 Å². The zero-order valence-corrected chi connectivity index (χ0v) is 10.2.